The number of thiophene rings is 1. The molecule has 1 aromatic carbocycles. The highest BCUT2D eigenvalue weighted by molar-refractivity contribution is 7.08. The number of aryl methyl sites for hydroxylation is 1. The number of aliphatic hydroxyl groups excluding tert-OH is 1. The summed E-state index contributed by atoms with van der Waals surface area (Å²) in [4.78, 5) is 19.0. The molecule has 4 rings (SSSR count). The molecule has 2 aromatic heterocycles. The van der Waals surface area contributed by atoms with Crippen molar-refractivity contribution in [1.29, 1.82) is 0 Å². The Hall–Kier alpha value is -2.71. The summed E-state index contributed by atoms with van der Waals surface area (Å²) < 4.78 is 10.4. The van der Waals surface area contributed by atoms with Gasteiger partial charge in [0.1, 0.15) is 5.75 Å². The van der Waals surface area contributed by atoms with Gasteiger partial charge in [0.25, 0.3) is 0 Å². The molecule has 1 fully saturated rings. The van der Waals surface area contributed by atoms with Crippen LogP contribution in [0.5, 0.6) is 5.75 Å². The van der Waals surface area contributed by atoms with E-state index in [1.54, 1.807) is 23.3 Å². The molecule has 3 aromatic rings. The van der Waals surface area contributed by atoms with Crippen molar-refractivity contribution >= 4 is 17.2 Å². The predicted octanol–water partition coefficient (Wildman–Crippen LogP) is 3.46. The Balaban J connectivity index is 1.37. The first kappa shape index (κ1) is 19.6. The summed E-state index contributed by atoms with van der Waals surface area (Å²) in [5, 5.41) is 18.7. The van der Waals surface area contributed by atoms with Gasteiger partial charge in [-0.3, -0.25) is 4.79 Å². The number of rotatable bonds is 7. The Bertz CT molecular complexity index is 939. The topological polar surface area (TPSA) is 88.7 Å². The van der Waals surface area contributed by atoms with E-state index in [0.717, 1.165) is 29.7 Å². The number of aromatic nitrogens is 2. The van der Waals surface area contributed by atoms with E-state index >= 15 is 0 Å². The number of benzene rings is 1. The van der Waals surface area contributed by atoms with Crippen molar-refractivity contribution in [2.75, 3.05) is 13.7 Å². The van der Waals surface area contributed by atoms with E-state index in [1.165, 1.54) is 0 Å². The molecule has 1 amide bonds. The Morgan fingerprint density at radius 3 is 2.93 bits per heavy atom. The molecule has 29 heavy (non-hydrogen) atoms. The van der Waals surface area contributed by atoms with Gasteiger partial charge in [-0.25, -0.2) is 0 Å². The van der Waals surface area contributed by atoms with Crippen molar-refractivity contribution in [2.24, 2.45) is 0 Å². The summed E-state index contributed by atoms with van der Waals surface area (Å²) in [5.41, 5.74) is 1.70. The molecule has 152 valence electrons. The van der Waals surface area contributed by atoms with Gasteiger partial charge in [0, 0.05) is 30.3 Å². The van der Waals surface area contributed by atoms with Crippen LogP contribution in [0.1, 0.15) is 36.8 Å². The Morgan fingerprint density at radius 1 is 1.38 bits per heavy atom. The SMILES string of the molecule is COc1ccc([C@H](O)[C@H]2CCCN2C(=O)CCc2nc(-c3ccsc3)no2)cc1. The van der Waals surface area contributed by atoms with Crippen molar-refractivity contribution in [3.63, 3.8) is 0 Å². The molecule has 1 N–H and O–H groups in total. The smallest absolute Gasteiger partial charge is 0.227 e. The molecular formula is C21H23N3O4S. The fourth-order valence-corrected chi connectivity index (χ4v) is 4.31. The minimum atomic E-state index is -0.721. The van der Waals surface area contributed by atoms with E-state index in [-0.39, 0.29) is 18.4 Å². The summed E-state index contributed by atoms with van der Waals surface area (Å²) in [6, 6.07) is 9.03. The summed E-state index contributed by atoms with van der Waals surface area (Å²) in [7, 11) is 1.61. The van der Waals surface area contributed by atoms with Crippen LogP contribution in [0.15, 0.2) is 45.6 Å². The number of amides is 1. The number of nitrogens with zero attached hydrogens (tertiary/aromatic N) is 3. The van der Waals surface area contributed by atoms with Gasteiger partial charge >= 0.3 is 0 Å². The number of ether oxygens (including phenoxy) is 1. The number of methoxy groups -OCH3 is 1. The van der Waals surface area contributed by atoms with Crippen LogP contribution in [0.25, 0.3) is 11.4 Å². The van der Waals surface area contributed by atoms with E-state index in [4.69, 9.17) is 9.26 Å². The largest absolute Gasteiger partial charge is 0.497 e. The Labute approximate surface area is 172 Å². The van der Waals surface area contributed by atoms with Crippen LogP contribution in [-0.4, -0.2) is 45.8 Å². The van der Waals surface area contributed by atoms with E-state index in [1.807, 2.05) is 41.1 Å². The second-order valence-electron chi connectivity index (χ2n) is 7.04. The third-order valence-electron chi connectivity index (χ3n) is 5.24. The van der Waals surface area contributed by atoms with Crippen LogP contribution in [0, 0.1) is 0 Å². The molecule has 8 heteroatoms. The summed E-state index contributed by atoms with van der Waals surface area (Å²) in [5.74, 6) is 1.73. The van der Waals surface area contributed by atoms with Crippen LogP contribution < -0.4 is 4.74 Å². The lowest BCUT2D eigenvalue weighted by Gasteiger charge is -2.29. The van der Waals surface area contributed by atoms with Crippen LogP contribution in [0.2, 0.25) is 0 Å². The van der Waals surface area contributed by atoms with Crippen LogP contribution in [0.3, 0.4) is 0 Å². The average molecular weight is 413 g/mol. The number of hydrogen-bond donors (Lipinski definition) is 1. The third-order valence-corrected chi connectivity index (χ3v) is 5.92. The molecule has 1 aliphatic heterocycles. The quantitative estimate of drug-likeness (QED) is 0.638. The molecule has 0 spiro atoms. The normalized spacial score (nSPS) is 17.4. The van der Waals surface area contributed by atoms with Gasteiger partial charge in [0.05, 0.1) is 19.3 Å². The highest BCUT2D eigenvalue weighted by Crippen LogP contribution is 2.31. The van der Waals surface area contributed by atoms with E-state index < -0.39 is 6.10 Å². The zero-order chi connectivity index (χ0) is 20.2. The monoisotopic (exact) mass is 413 g/mol. The molecule has 1 aliphatic rings. The molecule has 0 bridgehead atoms. The van der Waals surface area contributed by atoms with Gasteiger partial charge < -0.3 is 19.3 Å². The minimum Gasteiger partial charge on any atom is -0.497 e. The Kier molecular flexibility index (Phi) is 5.92. The highest BCUT2D eigenvalue weighted by Gasteiger charge is 2.34. The molecule has 0 aliphatic carbocycles. The van der Waals surface area contributed by atoms with Crippen LogP contribution in [0.4, 0.5) is 0 Å². The first-order valence-corrected chi connectivity index (χ1v) is 10.6. The van der Waals surface area contributed by atoms with Gasteiger partial charge in [-0.2, -0.15) is 16.3 Å². The number of aliphatic hydroxyl groups is 1. The van der Waals surface area contributed by atoms with E-state index in [0.29, 0.717) is 24.7 Å². The number of carbonyl (C=O) groups is 1. The molecule has 1 saturated heterocycles. The lowest BCUT2D eigenvalue weighted by atomic mass is 10.00. The molecular weight excluding hydrogens is 390 g/mol. The van der Waals surface area contributed by atoms with Crippen molar-refractivity contribution in [2.45, 2.75) is 37.8 Å². The maximum Gasteiger partial charge on any atom is 0.227 e. The summed E-state index contributed by atoms with van der Waals surface area (Å²) in [6.45, 7) is 0.653. The van der Waals surface area contributed by atoms with E-state index in [9.17, 15) is 9.90 Å². The predicted molar refractivity (Wildman–Crippen MR) is 109 cm³/mol. The van der Waals surface area contributed by atoms with Gasteiger partial charge in [0.2, 0.25) is 17.6 Å². The number of hydrogen-bond acceptors (Lipinski definition) is 7. The number of likely N-dealkylation sites (tertiary alicyclic amines) is 1. The Morgan fingerprint density at radius 2 is 2.21 bits per heavy atom. The van der Waals surface area contributed by atoms with Crippen molar-refractivity contribution in [3.05, 3.63) is 52.5 Å². The maximum absolute atomic E-state index is 12.8. The molecule has 0 radical (unpaired) electrons. The van der Waals surface area contributed by atoms with Gasteiger partial charge in [-0.05, 0) is 42.0 Å². The first-order chi connectivity index (χ1) is 14.2. The zero-order valence-electron chi connectivity index (χ0n) is 16.2. The summed E-state index contributed by atoms with van der Waals surface area (Å²) in [6.07, 6.45) is 1.60. The van der Waals surface area contributed by atoms with Gasteiger partial charge in [-0.1, -0.05) is 17.3 Å². The average Bonchev–Trinajstić information content (AvgIpc) is 3.52. The van der Waals surface area contributed by atoms with Crippen molar-refractivity contribution in [3.8, 4) is 17.1 Å². The second kappa shape index (κ2) is 8.75. The lowest BCUT2D eigenvalue weighted by Crippen LogP contribution is -2.39. The standard InChI is InChI=1S/C21H23N3O4S/c1-27-16-6-4-14(5-7-16)20(26)17-3-2-11-24(17)19(25)9-8-18-22-21(23-28-18)15-10-12-29-13-15/h4-7,10,12-13,17,20,26H,2-3,8-9,11H2,1H3/t17-,20+/m1/s1. The molecule has 7 nitrogen and oxygen atoms in total. The molecule has 0 unspecified atom stereocenters. The first-order valence-electron chi connectivity index (χ1n) is 9.62. The second-order valence-corrected chi connectivity index (χ2v) is 7.82. The molecule has 0 saturated carbocycles. The van der Waals surface area contributed by atoms with Crippen LogP contribution in [-0.2, 0) is 11.2 Å². The van der Waals surface area contributed by atoms with E-state index in [2.05, 4.69) is 10.1 Å². The van der Waals surface area contributed by atoms with Crippen molar-refractivity contribution < 1.29 is 19.2 Å². The minimum absolute atomic E-state index is 0.00431. The van der Waals surface area contributed by atoms with Gasteiger partial charge in [-0.15, -0.1) is 0 Å². The molecule has 2 atom stereocenters. The number of carbonyl (C=O) groups excluding carboxylic acids is 1. The third kappa shape index (κ3) is 4.33. The zero-order valence-corrected chi connectivity index (χ0v) is 17.0. The lowest BCUT2D eigenvalue weighted by molar-refractivity contribution is -0.134. The van der Waals surface area contributed by atoms with Crippen LogP contribution >= 0.6 is 11.3 Å². The molecule has 3 heterocycles. The van der Waals surface area contributed by atoms with Gasteiger partial charge in [0.15, 0.2) is 0 Å². The highest BCUT2D eigenvalue weighted by atomic mass is 32.1. The fourth-order valence-electron chi connectivity index (χ4n) is 3.68. The van der Waals surface area contributed by atoms with Crippen molar-refractivity contribution in [1.82, 2.24) is 15.0 Å². The maximum atomic E-state index is 12.8. The summed E-state index contributed by atoms with van der Waals surface area (Å²) >= 11 is 1.57. The fraction of sp³-hybridized carbons (Fsp3) is 0.381.